The first kappa shape index (κ1) is 14.9. The Hall–Kier alpha value is -1.55. The molecule has 108 valence electrons. The number of nitrogens with zero attached hydrogens (tertiary/aromatic N) is 1. The predicted molar refractivity (Wildman–Crippen MR) is 75.9 cm³/mol. The van der Waals surface area contributed by atoms with Crippen LogP contribution < -0.4 is 4.74 Å². The number of hydrogen-bond donors (Lipinski definition) is 0. The lowest BCUT2D eigenvalue weighted by molar-refractivity contribution is 0.0257. The zero-order chi connectivity index (χ0) is 14.4. The molecule has 1 atom stereocenters. The summed E-state index contributed by atoms with van der Waals surface area (Å²) in [6.45, 7) is 0.736. The van der Waals surface area contributed by atoms with Crippen LogP contribution in [0.3, 0.4) is 0 Å². The van der Waals surface area contributed by atoms with Gasteiger partial charge in [-0.05, 0) is 12.1 Å². The Labute approximate surface area is 119 Å². The lowest BCUT2D eigenvalue weighted by Gasteiger charge is -2.21. The molecular weight excluding hydrogens is 278 g/mol. The Kier molecular flexibility index (Phi) is 5.01. The fourth-order valence-electron chi connectivity index (χ4n) is 1.91. The third kappa shape index (κ3) is 3.97. The summed E-state index contributed by atoms with van der Waals surface area (Å²) >= 11 is 0. The maximum atomic E-state index is 11.9. The molecule has 0 aliphatic carbocycles. The van der Waals surface area contributed by atoms with Gasteiger partial charge in [-0.3, -0.25) is 0 Å². The van der Waals surface area contributed by atoms with Crippen LogP contribution in [0.4, 0.5) is 0 Å². The van der Waals surface area contributed by atoms with E-state index in [0.29, 0.717) is 6.61 Å². The van der Waals surface area contributed by atoms with E-state index >= 15 is 0 Å². The first-order valence-corrected chi connectivity index (χ1v) is 7.93. The van der Waals surface area contributed by atoms with Crippen molar-refractivity contribution in [3.05, 3.63) is 30.3 Å². The molecule has 1 fully saturated rings. The smallest absolute Gasteiger partial charge is 0.217 e. The fraction of sp³-hybridized carbons (Fsp3) is 0.429. The van der Waals surface area contributed by atoms with Crippen molar-refractivity contribution in [1.82, 2.24) is 4.31 Å². The Morgan fingerprint density at radius 2 is 2.15 bits per heavy atom. The highest BCUT2D eigenvalue weighted by molar-refractivity contribution is 7.89. The van der Waals surface area contributed by atoms with Crippen molar-refractivity contribution in [3.63, 3.8) is 0 Å². The molecule has 5 nitrogen and oxygen atoms in total. The number of terminal acetylenes is 1. The summed E-state index contributed by atoms with van der Waals surface area (Å²) in [5.74, 6) is 3.05. The first-order valence-electron chi connectivity index (χ1n) is 6.32. The summed E-state index contributed by atoms with van der Waals surface area (Å²) in [5, 5.41) is 0. The zero-order valence-electron chi connectivity index (χ0n) is 11.1. The van der Waals surface area contributed by atoms with Gasteiger partial charge in [-0.2, -0.15) is 4.31 Å². The van der Waals surface area contributed by atoms with Gasteiger partial charge in [0.15, 0.2) is 0 Å². The number of sulfonamides is 1. The van der Waals surface area contributed by atoms with Gasteiger partial charge in [-0.1, -0.05) is 24.1 Å². The monoisotopic (exact) mass is 295 g/mol. The minimum absolute atomic E-state index is 0.0451. The van der Waals surface area contributed by atoms with Gasteiger partial charge in [0.2, 0.25) is 10.0 Å². The largest absolute Gasteiger partial charge is 0.491 e. The Morgan fingerprint density at radius 3 is 2.85 bits per heavy atom. The van der Waals surface area contributed by atoms with Crippen LogP contribution in [0.15, 0.2) is 30.3 Å². The second kappa shape index (κ2) is 6.75. The van der Waals surface area contributed by atoms with Gasteiger partial charge in [0.25, 0.3) is 0 Å². The van der Waals surface area contributed by atoms with Crippen molar-refractivity contribution in [1.29, 1.82) is 0 Å². The van der Waals surface area contributed by atoms with Gasteiger partial charge >= 0.3 is 0 Å². The highest BCUT2D eigenvalue weighted by Crippen LogP contribution is 2.13. The fourth-order valence-corrected chi connectivity index (χ4v) is 3.14. The molecule has 2 rings (SSSR count). The predicted octanol–water partition coefficient (Wildman–Crippen LogP) is 0.729. The van der Waals surface area contributed by atoms with E-state index in [1.807, 2.05) is 30.3 Å². The maximum absolute atomic E-state index is 11.9. The topological polar surface area (TPSA) is 55.8 Å². The van der Waals surface area contributed by atoms with E-state index in [4.69, 9.17) is 15.9 Å². The SMILES string of the molecule is C#CCN1CC(COc2ccccc2)OCCS1(=O)=O. The molecule has 0 bridgehead atoms. The molecule has 0 N–H and O–H groups in total. The van der Waals surface area contributed by atoms with Crippen LogP contribution in [0.1, 0.15) is 0 Å². The van der Waals surface area contributed by atoms with E-state index in [0.717, 1.165) is 5.75 Å². The van der Waals surface area contributed by atoms with E-state index in [-0.39, 0.29) is 31.6 Å². The molecule has 1 aromatic rings. The number of rotatable bonds is 4. The standard InChI is InChI=1S/C14H17NO4S/c1-2-8-15-11-14(18-9-10-20(15,16)17)12-19-13-6-4-3-5-7-13/h1,3-7,14H,8-12H2. The average Bonchev–Trinajstić information content (AvgIpc) is 2.58. The number of para-hydroxylation sites is 1. The van der Waals surface area contributed by atoms with E-state index in [1.165, 1.54) is 4.31 Å². The molecule has 1 aliphatic rings. The number of ether oxygens (including phenoxy) is 2. The van der Waals surface area contributed by atoms with Crippen molar-refractivity contribution in [2.75, 3.05) is 32.1 Å². The van der Waals surface area contributed by atoms with E-state index < -0.39 is 10.0 Å². The molecule has 0 saturated carbocycles. The summed E-state index contributed by atoms with van der Waals surface area (Å²) in [7, 11) is -3.33. The Morgan fingerprint density at radius 1 is 1.40 bits per heavy atom. The third-order valence-electron chi connectivity index (χ3n) is 2.94. The molecule has 0 radical (unpaired) electrons. The summed E-state index contributed by atoms with van der Waals surface area (Å²) in [6.07, 6.45) is 4.90. The molecule has 1 saturated heterocycles. The lowest BCUT2D eigenvalue weighted by Crippen LogP contribution is -2.38. The Balaban J connectivity index is 1.97. The van der Waals surface area contributed by atoms with Crippen LogP contribution in [-0.2, 0) is 14.8 Å². The van der Waals surface area contributed by atoms with Gasteiger partial charge < -0.3 is 9.47 Å². The first-order chi connectivity index (χ1) is 9.62. The van der Waals surface area contributed by atoms with E-state index in [9.17, 15) is 8.42 Å². The molecule has 0 spiro atoms. The highest BCUT2D eigenvalue weighted by Gasteiger charge is 2.29. The van der Waals surface area contributed by atoms with Crippen LogP contribution in [0.5, 0.6) is 5.75 Å². The normalized spacial score (nSPS) is 22.6. The molecule has 0 aromatic heterocycles. The van der Waals surface area contributed by atoms with Crippen molar-refractivity contribution >= 4 is 10.0 Å². The molecule has 20 heavy (non-hydrogen) atoms. The van der Waals surface area contributed by atoms with Gasteiger partial charge in [-0.25, -0.2) is 8.42 Å². The minimum atomic E-state index is -3.33. The second-order valence-electron chi connectivity index (χ2n) is 4.43. The second-order valence-corrected chi connectivity index (χ2v) is 6.52. The van der Waals surface area contributed by atoms with Crippen molar-refractivity contribution < 1.29 is 17.9 Å². The quantitative estimate of drug-likeness (QED) is 0.769. The van der Waals surface area contributed by atoms with Crippen LogP contribution >= 0.6 is 0 Å². The molecule has 1 heterocycles. The molecule has 1 aliphatic heterocycles. The summed E-state index contributed by atoms with van der Waals surface area (Å²) in [5.41, 5.74) is 0. The van der Waals surface area contributed by atoms with Crippen LogP contribution in [0, 0.1) is 12.3 Å². The van der Waals surface area contributed by atoms with Crippen LogP contribution in [-0.4, -0.2) is 50.9 Å². The van der Waals surface area contributed by atoms with E-state index in [2.05, 4.69) is 5.92 Å². The summed E-state index contributed by atoms with van der Waals surface area (Å²) in [6, 6.07) is 9.33. The van der Waals surface area contributed by atoms with Gasteiger partial charge in [-0.15, -0.1) is 6.42 Å². The van der Waals surface area contributed by atoms with Gasteiger partial charge in [0.1, 0.15) is 18.5 Å². The molecule has 1 unspecified atom stereocenters. The van der Waals surface area contributed by atoms with Gasteiger partial charge in [0, 0.05) is 6.54 Å². The summed E-state index contributed by atoms with van der Waals surface area (Å²) < 4.78 is 36.2. The number of hydrogen-bond acceptors (Lipinski definition) is 4. The average molecular weight is 295 g/mol. The molecule has 1 aromatic carbocycles. The van der Waals surface area contributed by atoms with Crippen LogP contribution in [0.25, 0.3) is 0 Å². The Bertz CT molecular complexity index is 565. The molecule has 0 amide bonds. The molecule has 6 heteroatoms. The lowest BCUT2D eigenvalue weighted by atomic mass is 10.3. The minimum Gasteiger partial charge on any atom is -0.491 e. The van der Waals surface area contributed by atoms with Crippen molar-refractivity contribution in [2.24, 2.45) is 0 Å². The van der Waals surface area contributed by atoms with Crippen LogP contribution in [0.2, 0.25) is 0 Å². The highest BCUT2D eigenvalue weighted by atomic mass is 32.2. The van der Waals surface area contributed by atoms with Crippen molar-refractivity contribution in [2.45, 2.75) is 6.10 Å². The van der Waals surface area contributed by atoms with Gasteiger partial charge in [0.05, 0.1) is 18.9 Å². The number of benzene rings is 1. The molecular formula is C14H17NO4S. The van der Waals surface area contributed by atoms with Crippen molar-refractivity contribution in [3.8, 4) is 18.1 Å². The third-order valence-corrected chi connectivity index (χ3v) is 4.69. The maximum Gasteiger partial charge on any atom is 0.217 e. The summed E-state index contributed by atoms with van der Waals surface area (Å²) in [4.78, 5) is 0. The van der Waals surface area contributed by atoms with E-state index in [1.54, 1.807) is 0 Å². The zero-order valence-corrected chi connectivity index (χ0v) is 11.9.